The van der Waals surface area contributed by atoms with Gasteiger partial charge in [0.1, 0.15) is 17.1 Å². The Kier molecular flexibility index (Phi) is 7.46. The van der Waals surface area contributed by atoms with Gasteiger partial charge < -0.3 is 25.2 Å². The minimum atomic E-state index is -3.30. The molecule has 0 saturated heterocycles. The molecule has 0 aromatic rings. The third kappa shape index (κ3) is 3.57. The fraction of sp³-hybridized carbons (Fsp3) is 0.643. The topological polar surface area (TPSA) is 158 Å². The van der Waals surface area contributed by atoms with Gasteiger partial charge in [-0.1, -0.05) is 12.2 Å². The van der Waals surface area contributed by atoms with Gasteiger partial charge in [-0.05, 0) is 20.8 Å². The average molecular weight is 364 g/mol. The lowest BCUT2D eigenvalue weighted by Gasteiger charge is -2.45. The van der Waals surface area contributed by atoms with Crippen molar-refractivity contribution in [3.05, 3.63) is 0 Å². The van der Waals surface area contributed by atoms with E-state index in [0.717, 1.165) is 27.7 Å². The Hall–Kier alpha value is -1.59. The number of aliphatic hydroxyl groups excluding tert-OH is 3. The van der Waals surface area contributed by atoms with E-state index < -0.39 is 58.2 Å². The molecule has 0 aliphatic heterocycles. The van der Waals surface area contributed by atoms with Crippen molar-refractivity contribution in [2.45, 2.75) is 51.1 Å². The maximum atomic E-state index is 12.2. The van der Waals surface area contributed by atoms with Crippen molar-refractivity contribution < 1.29 is 44.3 Å². The Labute approximate surface area is 143 Å². The van der Waals surface area contributed by atoms with Gasteiger partial charge in [0.2, 0.25) is 11.2 Å². The van der Waals surface area contributed by atoms with Crippen LogP contribution in [-0.4, -0.2) is 78.6 Å². The molecule has 0 aromatic heterocycles. The summed E-state index contributed by atoms with van der Waals surface area (Å²) in [5.41, 5.74) is -6.34. The molecule has 0 aliphatic rings. The molecule has 0 fully saturated rings. The van der Waals surface area contributed by atoms with Crippen molar-refractivity contribution in [2.75, 3.05) is 6.61 Å². The summed E-state index contributed by atoms with van der Waals surface area (Å²) in [6, 6.07) is 0. The Bertz CT molecular complexity index is 573. The van der Waals surface area contributed by atoms with Gasteiger partial charge in [0.25, 0.3) is 0 Å². The molecule has 24 heavy (non-hydrogen) atoms. The largest absolute Gasteiger partial charge is 0.441 e. The lowest BCUT2D eigenvalue weighted by Crippen LogP contribution is -2.75. The first-order valence-electron chi connectivity index (χ1n) is 6.77. The molecule has 0 spiro atoms. The lowest BCUT2D eigenvalue weighted by atomic mass is 9.69. The van der Waals surface area contributed by atoms with Gasteiger partial charge in [0, 0.05) is 6.92 Å². The van der Waals surface area contributed by atoms with Gasteiger partial charge >= 0.3 is 5.97 Å². The molecule has 0 bridgehead atoms. The van der Waals surface area contributed by atoms with Gasteiger partial charge in [-0.2, -0.15) is 0 Å². The van der Waals surface area contributed by atoms with E-state index in [1.807, 2.05) is 0 Å². The van der Waals surface area contributed by atoms with Gasteiger partial charge in [0.05, 0.1) is 6.61 Å². The number of esters is 1. The number of aliphatic hydroxyl groups is 4. The van der Waals surface area contributed by atoms with Crippen LogP contribution in [0.2, 0.25) is 0 Å². The van der Waals surface area contributed by atoms with Crippen LogP contribution in [0.1, 0.15) is 27.7 Å². The number of thiocarbonyl (C=S) groups is 1. The quantitative estimate of drug-likeness (QED) is 0.263. The molecule has 9 nitrogen and oxygen atoms in total. The number of hydrogen-bond acceptors (Lipinski definition) is 10. The van der Waals surface area contributed by atoms with Gasteiger partial charge in [0.15, 0.2) is 17.3 Å². The summed E-state index contributed by atoms with van der Waals surface area (Å²) in [6.45, 7) is 2.15. The summed E-state index contributed by atoms with van der Waals surface area (Å²) >= 11 is 4.80. The van der Waals surface area contributed by atoms with Crippen molar-refractivity contribution in [1.29, 1.82) is 0 Å². The van der Waals surface area contributed by atoms with Crippen LogP contribution in [0.3, 0.4) is 0 Å². The van der Waals surface area contributed by atoms with E-state index in [9.17, 15) is 34.5 Å². The molecular weight excluding hydrogens is 344 g/mol. The Balaban J connectivity index is 6.88. The third-order valence-corrected chi connectivity index (χ3v) is 4.06. The summed E-state index contributed by atoms with van der Waals surface area (Å²) in [7, 11) is 0. The van der Waals surface area contributed by atoms with E-state index >= 15 is 0 Å². The zero-order chi connectivity index (χ0) is 19.5. The van der Waals surface area contributed by atoms with E-state index in [1.54, 1.807) is 0 Å². The van der Waals surface area contributed by atoms with E-state index in [2.05, 4.69) is 0 Å². The van der Waals surface area contributed by atoms with Crippen molar-refractivity contribution in [3.63, 3.8) is 0 Å². The fourth-order valence-corrected chi connectivity index (χ4v) is 2.64. The number of hydrogen-bond donors (Lipinski definition) is 4. The molecule has 0 radical (unpaired) electrons. The summed E-state index contributed by atoms with van der Waals surface area (Å²) in [5, 5.41) is 39.5. The number of ketones is 3. The minimum absolute atomic E-state index is 0.733. The summed E-state index contributed by atoms with van der Waals surface area (Å²) in [4.78, 5) is 46.5. The Morgan fingerprint density at radius 1 is 1.04 bits per heavy atom. The minimum Gasteiger partial charge on any atom is -0.441 e. The van der Waals surface area contributed by atoms with E-state index in [-0.39, 0.29) is 0 Å². The fourth-order valence-electron chi connectivity index (χ4n) is 2.30. The standard InChI is InChI=1S/C14H20O9S/c1-6(16)12(24)14(8(3)18,23-9(4)19)13(22,7(2)17)11(21)10(20)5-15/h10-11,15,20-22H,5H2,1-4H3/t10?,11?,13?,14-/m0/s1. The SMILES string of the molecule is CC(=O)O[C@@](C(C)=O)(C(=S)C(C)=O)C(O)(C(C)=O)C(O)C(O)CO. The van der Waals surface area contributed by atoms with Crippen molar-refractivity contribution in [3.8, 4) is 0 Å². The highest BCUT2D eigenvalue weighted by atomic mass is 32.1. The molecule has 4 atom stereocenters. The first-order chi connectivity index (χ1) is 10.8. The number of carbonyl (C=O) groups is 4. The summed E-state index contributed by atoms with van der Waals surface area (Å²) < 4.78 is 4.79. The second-order valence-corrected chi connectivity index (χ2v) is 5.64. The van der Waals surface area contributed by atoms with Crippen molar-refractivity contribution >= 4 is 40.4 Å². The van der Waals surface area contributed by atoms with Crippen molar-refractivity contribution in [1.82, 2.24) is 0 Å². The zero-order valence-corrected chi connectivity index (χ0v) is 14.4. The third-order valence-electron chi connectivity index (χ3n) is 3.49. The maximum absolute atomic E-state index is 12.2. The van der Waals surface area contributed by atoms with Gasteiger partial charge in [-0.25, -0.2) is 0 Å². The molecule has 0 rings (SSSR count). The lowest BCUT2D eigenvalue weighted by molar-refractivity contribution is -0.213. The van der Waals surface area contributed by atoms with Crippen LogP contribution in [0.15, 0.2) is 0 Å². The van der Waals surface area contributed by atoms with Crippen LogP contribution in [0.5, 0.6) is 0 Å². The number of ether oxygens (including phenoxy) is 1. The average Bonchev–Trinajstić information content (AvgIpc) is 2.48. The molecule has 10 heteroatoms. The normalized spacial score (nSPS) is 18.5. The van der Waals surface area contributed by atoms with Gasteiger partial charge in [-0.3, -0.25) is 19.2 Å². The second-order valence-electron chi connectivity index (χ2n) is 5.23. The summed E-state index contributed by atoms with van der Waals surface area (Å²) in [5.74, 6) is -4.70. The highest BCUT2D eigenvalue weighted by Gasteiger charge is 2.68. The molecule has 0 saturated carbocycles. The van der Waals surface area contributed by atoms with Gasteiger partial charge in [-0.15, -0.1) is 0 Å². The molecule has 0 aromatic carbocycles. The van der Waals surface area contributed by atoms with Crippen LogP contribution in [0.25, 0.3) is 0 Å². The van der Waals surface area contributed by atoms with E-state index in [0.29, 0.717) is 0 Å². The predicted octanol–water partition coefficient (Wildman–Crippen LogP) is -2.13. The van der Waals surface area contributed by atoms with E-state index in [1.165, 1.54) is 0 Å². The van der Waals surface area contributed by atoms with Crippen LogP contribution < -0.4 is 0 Å². The maximum Gasteiger partial charge on any atom is 0.304 e. The molecule has 3 unspecified atom stereocenters. The van der Waals surface area contributed by atoms with Crippen LogP contribution in [0.4, 0.5) is 0 Å². The smallest absolute Gasteiger partial charge is 0.304 e. The molecule has 4 N–H and O–H groups in total. The van der Waals surface area contributed by atoms with Crippen LogP contribution >= 0.6 is 12.2 Å². The Morgan fingerprint density at radius 3 is 1.75 bits per heavy atom. The number of carbonyl (C=O) groups excluding carboxylic acids is 4. The van der Waals surface area contributed by atoms with Crippen LogP contribution in [-0.2, 0) is 23.9 Å². The number of rotatable bonds is 9. The highest BCUT2D eigenvalue weighted by molar-refractivity contribution is 7.82. The second kappa shape index (κ2) is 7.99. The molecule has 0 amide bonds. The molecular formula is C14H20O9S. The van der Waals surface area contributed by atoms with Crippen LogP contribution in [0, 0.1) is 0 Å². The molecule has 0 aliphatic carbocycles. The summed E-state index contributed by atoms with van der Waals surface area (Å²) in [6.07, 6.45) is -4.58. The molecule has 136 valence electrons. The zero-order valence-electron chi connectivity index (χ0n) is 13.6. The Morgan fingerprint density at radius 2 is 1.50 bits per heavy atom. The van der Waals surface area contributed by atoms with Crippen molar-refractivity contribution in [2.24, 2.45) is 0 Å². The number of Topliss-reactive ketones (excluding diaryl/α,β-unsaturated/α-hetero) is 3. The first-order valence-corrected chi connectivity index (χ1v) is 7.17. The predicted molar refractivity (Wildman–Crippen MR) is 83.2 cm³/mol. The monoisotopic (exact) mass is 364 g/mol. The van der Waals surface area contributed by atoms with E-state index in [4.69, 9.17) is 22.1 Å². The highest BCUT2D eigenvalue weighted by Crippen LogP contribution is 2.36. The molecule has 0 heterocycles. The first kappa shape index (κ1) is 22.4.